The van der Waals surface area contributed by atoms with Crippen LogP contribution in [-0.4, -0.2) is 30.6 Å². The third-order valence-electron chi connectivity index (χ3n) is 3.46. The number of carbonyl (C=O) groups is 2. The number of hydrogen-bond donors (Lipinski definition) is 1. The van der Waals surface area contributed by atoms with Gasteiger partial charge < -0.3 is 19.3 Å². The molecule has 2 aromatic rings. The number of aliphatic hydroxyl groups excluding tert-OH is 1. The molecule has 0 aliphatic carbocycles. The van der Waals surface area contributed by atoms with E-state index >= 15 is 0 Å². The van der Waals surface area contributed by atoms with Gasteiger partial charge in [0.2, 0.25) is 0 Å². The first-order chi connectivity index (χ1) is 12.5. The molecule has 0 aliphatic heterocycles. The summed E-state index contributed by atoms with van der Waals surface area (Å²) in [6.45, 7) is 2.07. The summed E-state index contributed by atoms with van der Waals surface area (Å²) in [5.41, 5.74) is 1.37. The van der Waals surface area contributed by atoms with Crippen LogP contribution in [0.3, 0.4) is 0 Å². The van der Waals surface area contributed by atoms with Gasteiger partial charge >= 0.3 is 5.97 Å². The fourth-order valence-corrected chi connectivity index (χ4v) is 2.08. The summed E-state index contributed by atoms with van der Waals surface area (Å²) in [6, 6.07) is 14.0. The average molecular weight is 356 g/mol. The summed E-state index contributed by atoms with van der Waals surface area (Å²) < 4.78 is 15.3. The Bertz CT molecular complexity index is 775. The molecule has 2 aromatic carbocycles. The first kappa shape index (κ1) is 19.1. The van der Waals surface area contributed by atoms with Crippen LogP contribution in [0.1, 0.15) is 18.1 Å². The maximum atomic E-state index is 11.5. The number of aliphatic hydroxyl groups is 1. The van der Waals surface area contributed by atoms with E-state index in [1.54, 1.807) is 38.3 Å². The third kappa shape index (κ3) is 5.37. The van der Waals surface area contributed by atoms with Crippen molar-refractivity contribution in [2.24, 2.45) is 0 Å². The van der Waals surface area contributed by atoms with Crippen LogP contribution in [0.4, 0.5) is 0 Å². The lowest BCUT2D eigenvalue weighted by atomic mass is 10.1. The number of ketones is 1. The Morgan fingerprint density at radius 1 is 1.00 bits per heavy atom. The number of carbonyl (C=O) groups excluding carboxylic acids is 2. The quantitative estimate of drug-likeness (QED) is 0.338. The van der Waals surface area contributed by atoms with Gasteiger partial charge in [-0.05, 0) is 48.9 Å². The smallest absolute Gasteiger partial charge is 0.379 e. The van der Waals surface area contributed by atoms with Crippen molar-refractivity contribution >= 4 is 17.5 Å². The second-order valence-corrected chi connectivity index (χ2v) is 5.28. The van der Waals surface area contributed by atoms with Crippen LogP contribution >= 0.6 is 0 Å². The molecule has 6 nitrogen and oxygen atoms in total. The van der Waals surface area contributed by atoms with E-state index in [1.165, 1.54) is 0 Å². The summed E-state index contributed by atoms with van der Waals surface area (Å²) in [6.07, 6.45) is 0.839. The highest BCUT2D eigenvalue weighted by molar-refractivity contribution is 6.39. The van der Waals surface area contributed by atoms with E-state index in [9.17, 15) is 14.7 Å². The van der Waals surface area contributed by atoms with Gasteiger partial charge in [-0.25, -0.2) is 4.79 Å². The molecule has 0 saturated heterocycles. The lowest BCUT2D eigenvalue weighted by Crippen LogP contribution is -2.15. The molecule has 0 unspecified atom stereocenters. The minimum Gasteiger partial charge on any atom is -0.507 e. The van der Waals surface area contributed by atoms with Gasteiger partial charge in [-0.2, -0.15) is 0 Å². The molecule has 1 N–H and O–H groups in total. The van der Waals surface area contributed by atoms with E-state index < -0.39 is 11.8 Å². The molecule has 6 heteroatoms. The van der Waals surface area contributed by atoms with Gasteiger partial charge in [0.1, 0.15) is 23.9 Å². The Labute approximate surface area is 151 Å². The van der Waals surface area contributed by atoms with Crippen molar-refractivity contribution in [1.82, 2.24) is 0 Å². The van der Waals surface area contributed by atoms with E-state index in [4.69, 9.17) is 9.47 Å². The topological polar surface area (TPSA) is 82.1 Å². The molecule has 2 rings (SSSR count). The van der Waals surface area contributed by atoms with E-state index in [2.05, 4.69) is 4.74 Å². The van der Waals surface area contributed by atoms with Gasteiger partial charge in [-0.15, -0.1) is 0 Å². The molecule has 26 heavy (non-hydrogen) atoms. The fourth-order valence-electron chi connectivity index (χ4n) is 2.08. The predicted octanol–water partition coefficient (Wildman–Crippen LogP) is 3.31. The van der Waals surface area contributed by atoms with Crippen molar-refractivity contribution in [1.29, 1.82) is 0 Å². The van der Waals surface area contributed by atoms with Crippen LogP contribution in [0.25, 0.3) is 5.76 Å². The van der Waals surface area contributed by atoms with Gasteiger partial charge in [0.25, 0.3) is 5.78 Å². The van der Waals surface area contributed by atoms with Gasteiger partial charge in [0, 0.05) is 11.6 Å². The molecule has 0 heterocycles. The van der Waals surface area contributed by atoms with Crippen molar-refractivity contribution in [3.05, 3.63) is 65.7 Å². The summed E-state index contributed by atoms with van der Waals surface area (Å²) in [4.78, 5) is 22.8. The summed E-state index contributed by atoms with van der Waals surface area (Å²) in [5, 5.41) is 9.94. The average Bonchev–Trinajstić information content (AvgIpc) is 2.67. The van der Waals surface area contributed by atoms with Crippen LogP contribution in [0.15, 0.2) is 54.6 Å². The molecule has 0 spiro atoms. The van der Waals surface area contributed by atoms with E-state index in [0.717, 1.165) is 17.4 Å². The Kier molecular flexibility index (Phi) is 6.79. The monoisotopic (exact) mass is 356 g/mol. The summed E-state index contributed by atoms with van der Waals surface area (Å²) in [7, 11) is 1.61. The molecule has 0 bridgehead atoms. The molecule has 0 fully saturated rings. The lowest BCUT2D eigenvalue weighted by Gasteiger charge is -2.08. The maximum Gasteiger partial charge on any atom is 0.379 e. The van der Waals surface area contributed by atoms with Crippen LogP contribution in [-0.2, 0) is 20.9 Å². The van der Waals surface area contributed by atoms with Crippen molar-refractivity contribution in [2.75, 3.05) is 13.7 Å². The second-order valence-electron chi connectivity index (χ2n) is 5.28. The Morgan fingerprint density at radius 3 is 2.19 bits per heavy atom. The van der Waals surface area contributed by atoms with E-state index in [1.807, 2.05) is 24.3 Å². The molecule has 0 aromatic heterocycles. The largest absolute Gasteiger partial charge is 0.507 e. The molecule has 0 aliphatic rings. The first-order valence-corrected chi connectivity index (χ1v) is 8.01. The number of methoxy groups -OCH3 is 1. The van der Waals surface area contributed by atoms with Crippen LogP contribution in [0.5, 0.6) is 11.5 Å². The Morgan fingerprint density at radius 2 is 1.62 bits per heavy atom. The maximum absolute atomic E-state index is 11.5. The zero-order valence-electron chi connectivity index (χ0n) is 14.6. The Hall–Kier alpha value is -3.28. The third-order valence-corrected chi connectivity index (χ3v) is 3.46. The van der Waals surface area contributed by atoms with Crippen LogP contribution in [0, 0.1) is 0 Å². The molecule has 0 saturated carbocycles. The second kappa shape index (κ2) is 9.27. The Balaban J connectivity index is 1.96. The molecular formula is C20H20O6. The predicted molar refractivity (Wildman–Crippen MR) is 96.0 cm³/mol. The number of ether oxygens (including phenoxy) is 3. The standard InChI is InChI=1S/C20H20O6/c1-3-25-20(23)19(22)12-18(21)15-6-10-17(11-7-15)26-13-14-4-8-16(24-2)9-5-14/h4-12,21H,3,13H2,1-2H3. The number of esters is 1. The van der Waals surface area contributed by atoms with Gasteiger partial charge in [-0.3, -0.25) is 4.79 Å². The van der Waals surface area contributed by atoms with Crippen molar-refractivity contribution in [2.45, 2.75) is 13.5 Å². The first-order valence-electron chi connectivity index (χ1n) is 8.01. The normalized spacial score (nSPS) is 10.9. The highest BCUT2D eigenvalue weighted by Crippen LogP contribution is 2.19. The highest BCUT2D eigenvalue weighted by Gasteiger charge is 2.13. The molecule has 0 radical (unpaired) electrons. The van der Waals surface area contributed by atoms with Gasteiger partial charge in [-0.1, -0.05) is 12.1 Å². The minimum atomic E-state index is -1.00. The molecule has 136 valence electrons. The van der Waals surface area contributed by atoms with Crippen LogP contribution in [0.2, 0.25) is 0 Å². The SMILES string of the molecule is CCOC(=O)C(=O)C=C(O)c1ccc(OCc2ccc(OC)cc2)cc1. The van der Waals surface area contributed by atoms with E-state index in [0.29, 0.717) is 17.9 Å². The van der Waals surface area contributed by atoms with Crippen molar-refractivity contribution in [3.63, 3.8) is 0 Å². The van der Waals surface area contributed by atoms with Crippen molar-refractivity contribution in [3.8, 4) is 11.5 Å². The zero-order valence-corrected chi connectivity index (χ0v) is 14.6. The number of hydrogen-bond acceptors (Lipinski definition) is 6. The van der Waals surface area contributed by atoms with Crippen LogP contribution < -0.4 is 9.47 Å². The number of rotatable bonds is 8. The van der Waals surface area contributed by atoms with Gasteiger partial charge in [0.15, 0.2) is 0 Å². The van der Waals surface area contributed by atoms with Crippen molar-refractivity contribution < 1.29 is 28.9 Å². The van der Waals surface area contributed by atoms with Gasteiger partial charge in [0.05, 0.1) is 13.7 Å². The lowest BCUT2D eigenvalue weighted by molar-refractivity contribution is -0.151. The highest BCUT2D eigenvalue weighted by atomic mass is 16.5. The van der Waals surface area contributed by atoms with E-state index in [-0.39, 0.29) is 12.4 Å². The zero-order chi connectivity index (χ0) is 18.9. The molecular weight excluding hydrogens is 336 g/mol. The fraction of sp³-hybridized carbons (Fsp3) is 0.200. The minimum absolute atomic E-state index is 0.0966. The number of benzene rings is 2. The molecule has 0 amide bonds. The summed E-state index contributed by atoms with van der Waals surface area (Å²) in [5.74, 6) is -0.848. The molecule has 0 atom stereocenters. The summed E-state index contributed by atoms with van der Waals surface area (Å²) >= 11 is 0.